The number of ether oxygens (including phenoxy) is 2. The molecular formula is C15H23NO3S. The van der Waals surface area contributed by atoms with E-state index in [1.807, 2.05) is 18.2 Å². The summed E-state index contributed by atoms with van der Waals surface area (Å²) in [5.41, 5.74) is 1.11. The van der Waals surface area contributed by atoms with Crippen molar-refractivity contribution in [1.82, 2.24) is 5.32 Å². The van der Waals surface area contributed by atoms with E-state index in [1.165, 1.54) is 0 Å². The molecule has 0 saturated heterocycles. The van der Waals surface area contributed by atoms with E-state index in [1.54, 1.807) is 0 Å². The van der Waals surface area contributed by atoms with Gasteiger partial charge in [0.05, 0.1) is 0 Å². The van der Waals surface area contributed by atoms with E-state index in [2.05, 4.69) is 19.2 Å². The fourth-order valence-electron chi connectivity index (χ4n) is 2.22. The second-order valence-electron chi connectivity index (χ2n) is 4.89. The Kier molecular flexibility index (Phi) is 5.86. The summed E-state index contributed by atoms with van der Waals surface area (Å²) in [5, 5.41) is 3.41. The van der Waals surface area contributed by atoms with Gasteiger partial charge in [-0.15, -0.1) is 0 Å². The molecule has 0 radical (unpaired) electrons. The number of benzene rings is 1. The molecule has 112 valence electrons. The Labute approximate surface area is 123 Å². The lowest BCUT2D eigenvalue weighted by Gasteiger charge is -2.18. The normalized spacial score (nSPS) is 16.1. The average molecular weight is 297 g/mol. The summed E-state index contributed by atoms with van der Waals surface area (Å²) in [5.74, 6) is 3.00. The Bertz CT molecular complexity index is 464. The van der Waals surface area contributed by atoms with Crippen molar-refractivity contribution in [3.63, 3.8) is 0 Å². The molecule has 0 aliphatic carbocycles. The van der Waals surface area contributed by atoms with Crippen molar-refractivity contribution < 1.29 is 13.7 Å². The van der Waals surface area contributed by atoms with Crippen LogP contribution in [0.15, 0.2) is 18.2 Å². The number of nitrogens with one attached hydrogen (secondary N) is 1. The first-order valence-corrected chi connectivity index (χ1v) is 8.71. The van der Waals surface area contributed by atoms with Crippen molar-refractivity contribution in [3.8, 4) is 11.5 Å². The molecule has 0 amide bonds. The first-order chi connectivity index (χ1) is 9.74. The van der Waals surface area contributed by atoms with Gasteiger partial charge in [0.2, 0.25) is 6.79 Å². The van der Waals surface area contributed by atoms with Crippen LogP contribution in [0, 0.1) is 0 Å². The van der Waals surface area contributed by atoms with Crippen LogP contribution >= 0.6 is 0 Å². The number of hydrogen-bond donors (Lipinski definition) is 1. The number of hydrogen-bond acceptors (Lipinski definition) is 4. The highest BCUT2D eigenvalue weighted by Crippen LogP contribution is 2.34. The lowest BCUT2D eigenvalue weighted by molar-refractivity contribution is 0.174. The van der Waals surface area contributed by atoms with Crippen LogP contribution in [0.3, 0.4) is 0 Å². The standard InChI is InChI=1S/C15H23NO3S/c1-3-5-8-20(17)10-13(16-4-2)12-6-7-14-15(9-12)19-11-18-14/h6-7,9,13,16H,3-5,8,10-11H2,1-2H3. The fourth-order valence-corrected chi connectivity index (χ4v) is 3.68. The van der Waals surface area contributed by atoms with Crippen molar-refractivity contribution in [2.45, 2.75) is 32.7 Å². The van der Waals surface area contributed by atoms with Gasteiger partial charge < -0.3 is 14.8 Å². The first-order valence-electron chi connectivity index (χ1n) is 7.22. The van der Waals surface area contributed by atoms with Crippen LogP contribution in [0.5, 0.6) is 11.5 Å². The van der Waals surface area contributed by atoms with Crippen molar-refractivity contribution in [3.05, 3.63) is 23.8 Å². The van der Waals surface area contributed by atoms with E-state index in [0.717, 1.165) is 42.2 Å². The summed E-state index contributed by atoms with van der Waals surface area (Å²) in [6, 6.07) is 6.05. The molecule has 1 aromatic carbocycles. The van der Waals surface area contributed by atoms with Gasteiger partial charge in [-0.05, 0) is 30.7 Å². The molecule has 0 fully saturated rings. The Morgan fingerprint density at radius 3 is 2.85 bits per heavy atom. The van der Waals surface area contributed by atoms with Crippen LogP contribution in [-0.4, -0.2) is 29.1 Å². The predicted octanol–water partition coefficient (Wildman–Crippen LogP) is 2.61. The van der Waals surface area contributed by atoms with Gasteiger partial charge in [0.25, 0.3) is 0 Å². The summed E-state index contributed by atoms with van der Waals surface area (Å²) in [4.78, 5) is 0. The molecule has 1 N–H and O–H groups in total. The molecule has 0 bridgehead atoms. The number of rotatable bonds is 8. The molecule has 1 heterocycles. The molecule has 2 rings (SSSR count). The average Bonchev–Trinajstić information content (AvgIpc) is 2.92. The van der Waals surface area contributed by atoms with E-state index in [-0.39, 0.29) is 12.8 Å². The second-order valence-corrected chi connectivity index (χ2v) is 6.51. The van der Waals surface area contributed by atoms with Gasteiger partial charge in [0.15, 0.2) is 11.5 Å². The third kappa shape index (κ3) is 3.96. The minimum atomic E-state index is -0.785. The molecule has 0 saturated carbocycles. The molecule has 1 aliphatic rings. The molecule has 0 spiro atoms. The van der Waals surface area contributed by atoms with E-state index in [9.17, 15) is 4.21 Å². The molecule has 5 heteroatoms. The van der Waals surface area contributed by atoms with Crippen LogP contribution in [-0.2, 0) is 10.8 Å². The summed E-state index contributed by atoms with van der Waals surface area (Å²) in [6.45, 7) is 5.32. The van der Waals surface area contributed by atoms with Gasteiger partial charge in [-0.3, -0.25) is 4.21 Å². The van der Waals surface area contributed by atoms with Crippen molar-refractivity contribution in [1.29, 1.82) is 0 Å². The minimum absolute atomic E-state index is 0.104. The quantitative estimate of drug-likeness (QED) is 0.801. The van der Waals surface area contributed by atoms with Crippen LogP contribution in [0.1, 0.15) is 38.3 Å². The van der Waals surface area contributed by atoms with Gasteiger partial charge in [-0.2, -0.15) is 0 Å². The summed E-state index contributed by atoms with van der Waals surface area (Å²) in [7, 11) is -0.785. The maximum absolute atomic E-state index is 12.1. The zero-order valence-electron chi connectivity index (χ0n) is 12.2. The molecule has 1 aromatic rings. The summed E-state index contributed by atoms with van der Waals surface area (Å²) in [6.07, 6.45) is 2.11. The SMILES string of the molecule is CCCCS(=O)CC(NCC)c1ccc2c(c1)OCO2. The fraction of sp³-hybridized carbons (Fsp3) is 0.600. The highest BCUT2D eigenvalue weighted by Gasteiger charge is 2.19. The van der Waals surface area contributed by atoms with Crippen LogP contribution in [0.25, 0.3) is 0 Å². The van der Waals surface area contributed by atoms with Gasteiger partial charge in [0.1, 0.15) is 0 Å². The zero-order chi connectivity index (χ0) is 14.4. The lowest BCUT2D eigenvalue weighted by Crippen LogP contribution is -2.26. The second kappa shape index (κ2) is 7.64. The van der Waals surface area contributed by atoms with Gasteiger partial charge >= 0.3 is 0 Å². The highest BCUT2D eigenvalue weighted by atomic mass is 32.2. The lowest BCUT2D eigenvalue weighted by atomic mass is 10.1. The monoisotopic (exact) mass is 297 g/mol. The largest absolute Gasteiger partial charge is 0.454 e. The van der Waals surface area contributed by atoms with E-state index >= 15 is 0 Å². The molecule has 2 unspecified atom stereocenters. The number of unbranched alkanes of at least 4 members (excludes halogenated alkanes) is 1. The Hall–Kier alpha value is -1.07. The van der Waals surface area contributed by atoms with E-state index in [0.29, 0.717) is 5.75 Å². The van der Waals surface area contributed by atoms with Crippen LogP contribution in [0.2, 0.25) is 0 Å². The van der Waals surface area contributed by atoms with E-state index < -0.39 is 10.8 Å². The summed E-state index contributed by atoms with van der Waals surface area (Å²) < 4.78 is 22.8. The Balaban J connectivity index is 2.05. The topological polar surface area (TPSA) is 47.6 Å². The highest BCUT2D eigenvalue weighted by molar-refractivity contribution is 7.85. The van der Waals surface area contributed by atoms with E-state index in [4.69, 9.17) is 9.47 Å². The minimum Gasteiger partial charge on any atom is -0.454 e. The summed E-state index contributed by atoms with van der Waals surface area (Å²) >= 11 is 0. The van der Waals surface area contributed by atoms with Crippen molar-refractivity contribution >= 4 is 10.8 Å². The maximum atomic E-state index is 12.1. The predicted molar refractivity (Wildman–Crippen MR) is 81.8 cm³/mol. The van der Waals surface area contributed by atoms with Crippen LogP contribution < -0.4 is 14.8 Å². The van der Waals surface area contributed by atoms with Crippen molar-refractivity contribution in [2.75, 3.05) is 24.8 Å². The molecular weight excluding hydrogens is 274 g/mol. The number of fused-ring (bicyclic) bond motifs is 1. The van der Waals surface area contributed by atoms with Crippen LogP contribution in [0.4, 0.5) is 0 Å². The molecule has 4 nitrogen and oxygen atoms in total. The molecule has 0 aromatic heterocycles. The van der Waals surface area contributed by atoms with Crippen molar-refractivity contribution in [2.24, 2.45) is 0 Å². The molecule has 1 aliphatic heterocycles. The smallest absolute Gasteiger partial charge is 0.231 e. The Morgan fingerprint density at radius 1 is 1.30 bits per heavy atom. The van der Waals surface area contributed by atoms with Gasteiger partial charge in [-0.25, -0.2) is 0 Å². The third-order valence-electron chi connectivity index (χ3n) is 3.33. The zero-order valence-corrected chi connectivity index (χ0v) is 13.0. The van der Waals surface area contributed by atoms with Gasteiger partial charge in [-0.1, -0.05) is 26.3 Å². The molecule has 2 atom stereocenters. The Morgan fingerprint density at radius 2 is 2.10 bits per heavy atom. The van der Waals surface area contributed by atoms with Gasteiger partial charge in [0, 0.05) is 28.3 Å². The maximum Gasteiger partial charge on any atom is 0.231 e. The first kappa shape index (κ1) is 15.3. The third-order valence-corrected chi connectivity index (χ3v) is 4.78. The molecule has 20 heavy (non-hydrogen) atoms.